The Labute approximate surface area is 207 Å². The molecule has 4 aromatic rings. The van der Waals surface area contributed by atoms with Gasteiger partial charge in [-0.25, -0.2) is 0 Å². The second-order valence-corrected chi connectivity index (χ2v) is 8.75. The largest absolute Gasteiger partial charge is 0.336 e. The third kappa shape index (κ3) is 5.51. The lowest BCUT2D eigenvalue weighted by atomic mass is 9.96. The van der Waals surface area contributed by atoms with E-state index < -0.39 is 0 Å². The summed E-state index contributed by atoms with van der Waals surface area (Å²) in [6.07, 6.45) is 0. The first kappa shape index (κ1) is 22.7. The highest BCUT2D eigenvalue weighted by molar-refractivity contribution is 5.94. The fraction of sp³-hybridized carbons (Fsp3) is 0.156. The number of hydrogen-bond acceptors (Lipinski definition) is 2. The van der Waals surface area contributed by atoms with Crippen LogP contribution in [0.25, 0.3) is 0 Å². The lowest BCUT2D eigenvalue weighted by molar-refractivity contribution is 0.0597. The maximum Gasteiger partial charge on any atom is 0.253 e. The van der Waals surface area contributed by atoms with Crippen LogP contribution >= 0.6 is 0 Å². The lowest BCUT2D eigenvalue weighted by Crippen LogP contribution is -2.49. The Balaban J connectivity index is 1.29. The third-order valence-corrected chi connectivity index (χ3v) is 6.43. The molecule has 0 saturated carbocycles. The summed E-state index contributed by atoms with van der Waals surface area (Å²) in [6, 6.07) is 39.0. The van der Waals surface area contributed by atoms with Crippen molar-refractivity contribution in [3.63, 3.8) is 0 Å². The quantitative estimate of drug-likeness (QED) is 0.372. The number of carbonyl (C=O) groups excluding carboxylic acids is 1. The van der Waals surface area contributed by atoms with Gasteiger partial charge in [0.1, 0.15) is 0 Å². The first-order valence-electron chi connectivity index (χ1n) is 12.1. The predicted molar refractivity (Wildman–Crippen MR) is 141 cm³/mol. The van der Waals surface area contributed by atoms with Gasteiger partial charge in [0.15, 0.2) is 0 Å². The summed E-state index contributed by atoms with van der Waals surface area (Å²) in [4.78, 5) is 17.7. The molecule has 5 rings (SSSR count). The molecule has 1 amide bonds. The van der Waals surface area contributed by atoms with E-state index in [4.69, 9.17) is 0 Å². The summed E-state index contributed by atoms with van der Waals surface area (Å²) >= 11 is 0. The molecule has 0 atom stereocenters. The van der Waals surface area contributed by atoms with E-state index in [0.717, 1.165) is 24.2 Å². The maximum atomic E-state index is 13.3. The van der Waals surface area contributed by atoms with Crippen molar-refractivity contribution in [1.29, 1.82) is 0 Å². The van der Waals surface area contributed by atoms with Crippen LogP contribution in [0.4, 0.5) is 0 Å². The molecule has 1 fully saturated rings. The summed E-state index contributed by atoms with van der Waals surface area (Å²) < 4.78 is 0. The Kier molecular flexibility index (Phi) is 7.03. The van der Waals surface area contributed by atoms with Gasteiger partial charge in [-0.2, -0.15) is 0 Å². The normalized spacial score (nSPS) is 13.8. The summed E-state index contributed by atoms with van der Waals surface area (Å²) in [7, 11) is 0. The Morgan fingerprint density at radius 1 is 0.600 bits per heavy atom. The molecule has 0 N–H and O–H groups in total. The second-order valence-electron chi connectivity index (χ2n) is 8.75. The molecule has 0 radical (unpaired) electrons. The van der Waals surface area contributed by atoms with Gasteiger partial charge in [0.05, 0.1) is 6.04 Å². The third-order valence-electron chi connectivity index (χ3n) is 6.43. The number of carbonyl (C=O) groups is 1. The first-order chi connectivity index (χ1) is 17.3. The Morgan fingerprint density at radius 3 is 1.71 bits per heavy atom. The van der Waals surface area contributed by atoms with E-state index in [2.05, 4.69) is 77.4 Å². The van der Waals surface area contributed by atoms with Crippen molar-refractivity contribution in [1.82, 2.24) is 9.80 Å². The fourth-order valence-electron chi connectivity index (χ4n) is 4.65. The average Bonchev–Trinajstić information content (AvgIpc) is 2.94. The van der Waals surface area contributed by atoms with Crippen LogP contribution in [0.1, 0.15) is 38.7 Å². The zero-order valence-electron chi connectivity index (χ0n) is 19.7. The second kappa shape index (κ2) is 10.9. The van der Waals surface area contributed by atoms with Gasteiger partial charge in [-0.05, 0) is 41.5 Å². The number of amides is 1. The van der Waals surface area contributed by atoms with Crippen LogP contribution in [0.5, 0.6) is 0 Å². The Hall–Kier alpha value is -4.13. The van der Waals surface area contributed by atoms with Gasteiger partial charge < -0.3 is 4.90 Å². The van der Waals surface area contributed by atoms with Gasteiger partial charge in [0, 0.05) is 42.9 Å². The maximum absolute atomic E-state index is 13.3. The average molecular weight is 457 g/mol. The number of benzene rings is 4. The Morgan fingerprint density at radius 2 is 1.11 bits per heavy atom. The van der Waals surface area contributed by atoms with Crippen LogP contribution in [0.15, 0.2) is 115 Å². The van der Waals surface area contributed by atoms with Gasteiger partial charge in [-0.1, -0.05) is 96.8 Å². The van der Waals surface area contributed by atoms with Gasteiger partial charge in [-0.3, -0.25) is 9.69 Å². The molecule has 0 unspecified atom stereocenters. The van der Waals surface area contributed by atoms with Gasteiger partial charge in [0.2, 0.25) is 0 Å². The number of piperazine rings is 1. The minimum Gasteiger partial charge on any atom is -0.336 e. The number of nitrogens with zero attached hydrogens (tertiary/aromatic N) is 2. The van der Waals surface area contributed by atoms with Crippen LogP contribution in [0.2, 0.25) is 0 Å². The summed E-state index contributed by atoms with van der Waals surface area (Å²) in [5, 5.41) is 0. The van der Waals surface area contributed by atoms with Crippen LogP contribution in [0.3, 0.4) is 0 Å². The molecule has 0 bridgehead atoms. The van der Waals surface area contributed by atoms with Crippen molar-refractivity contribution in [3.8, 4) is 11.8 Å². The fourth-order valence-corrected chi connectivity index (χ4v) is 4.65. The minimum atomic E-state index is 0.0731. The zero-order valence-corrected chi connectivity index (χ0v) is 19.7. The molecule has 0 aliphatic carbocycles. The number of rotatable bonds is 4. The van der Waals surface area contributed by atoms with Gasteiger partial charge in [-0.15, -0.1) is 0 Å². The van der Waals surface area contributed by atoms with E-state index in [1.54, 1.807) is 0 Å². The van der Waals surface area contributed by atoms with E-state index in [1.807, 2.05) is 59.5 Å². The highest BCUT2D eigenvalue weighted by Gasteiger charge is 2.28. The molecule has 0 aromatic heterocycles. The van der Waals surface area contributed by atoms with E-state index in [0.29, 0.717) is 18.7 Å². The zero-order chi connectivity index (χ0) is 23.9. The molecule has 172 valence electrons. The standard InChI is InChI=1S/C32H28N2O/c35-32(30-18-10-13-27(25-30)20-19-26-11-4-1-5-12-26)34-23-21-33(22-24-34)31(28-14-6-2-7-15-28)29-16-8-3-9-17-29/h1-18,25,31H,21-24H2. The summed E-state index contributed by atoms with van der Waals surface area (Å²) in [5.74, 6) is 6.44. The van der Waals surface area contributed by atoms with Crippen LogP contribution in [-0.4, -0.2) is 41.9 Å². The topological polar surface area (TPSA) is 23.6 Å². The highest BCUT2D eigenvalue weighted by atomic mass is 16.2. The van der Waals surface area contributed by atoms with E-state index >= 15 is 0 Å². The van der Waals surface area contributed by atoms with Crippen LogP contribution in [0, 0.1) is 11.8 Å². The van der Waals surface area contributed by atoms with Crippen molar-refractivity contribution >= 4 is 5.91 Å². The van der Waals surface area contributed by atoms with Crippen molar-refractivity contribution in [2.45, 2.75) is 6.04 Å². The first-order valence-corrected chi connectivity index (χ1v) is 12.1. The van der Waals surface area contributed by atoms with Gasteiger partial charge >= 0.3 is 0 Å². The number of hydrogen-bond donors (Lipinski definition) is 0. The highest BCUT2D eigenvalue weighted by Crippen LogP contribution is 2.29. The van der Waals surface area contributed by atoms with E-state index in [9.17, 15) is 4.79 Å². The summed E-state index contributed by atoms with van der Waals surface area (Å²) in [5.41, 5.74) is 5.07. The molecule has 1 aliphatic heterocycles. The van der Waals surface area contributed by atoms with E-state index in [1.165, 1.54) is 11.1 Å². The molecule has 3 nitrogen and oxygen atoms in total. The van der Waals surface area contributed by atoms with Crippen LogP contribution in [-0.2, 0) is 0 Å². The molecule has 1 heterocycles. The molecule has 1 saturated heterocycles. The minimum absolute atomic E-state index is 0.0731. The van der Waals surface area contributed by atoms with Crippen molar-refractivity contribution in [2.75, 3.05) is 26.2 Å². The lowest BCUT2D eigenvalue weighted by Gasteiger charge is -2.39. The molecule has 1 aliphatic rings. The van der Waals surface area contributed by atoms with E-state index in [-0.39, 0.29) is 11.9 Å². The molecule has 35 heavy (non-hydrogen) atoms. The predicted octanol–water partition coefficient (Wildman–Crippen LogP) is 5.63. The molecule has 4 aromatic carbocycles. The molecular weight excluding hydrogens is 428 g/mol. The smallest absolute Gasteiger partial charge is 0.253 e. The SMILES string of the molecule is O=C(c1cccc(C#Cc2ccccc2)c1)N1CCN(C(c2ccccc2)c2ccccc2)CC1. The monoisotopic (exact) mass is 456 g/mol. The van der Waals surface area contributed by atoms with Crippen molar-refractivity contribution < 1.29 is 4.79 Å². The van der Waals surface area contributed by atoms with Gasteiger partial charge in [0.25, 0.3) is 5.91 Å². The Bertz CT molecular complexity index is 1280. The van der Waals surface area contributed by atoms with Crippen molar-refractivity contribution in [2.24, 2.45) is 0 Å². The summed E-state index contributed by atoms with van der Waals surface area (Å²) in [6.45, 7) is 3.06. The molecular formula is C32H28N2O. The molecule has 0 spiro atoms. The molecule has 3 heteroatoms. The van der Waals surface area contributed by atoms with Crippen molar-refractivity contribution in [3.05, 3.63) is 143 Å². The van der Waals surface area contributed by atoms with Crippen LogP contribution < -0.4 is 0 Å².